The van der Waals surface area contributed by atoms with Crippen molar-refractivity contribution < 1.29 is 23.0 Å². The standard InChI is InChI=1S/C13H16F3NO2/c1-2-9-19-11-6-4-3-5-10(11)12(17,7-8-18)13(14,15)16/h2-6,18H,1,7-9,17H2. The van der Waals surface area contributed by atoms with E-state index in [9.17, 15) is 13.2 Å². The van der Waals surface area contributed by atoms with Gasteiger partial charge in [-0.1, -0.05) is 30.9 Å². The molecule has 0 spiro atoms. The van der Waals surface area contributed by atoms with E-state index in [1.54, 1.807) is 6.07 Å². The molecule has 1 rings (SSSR count). The summed E-state index contributed by atoms with van der Waals surface area (Å²) in [4.78, 5) is 0. The van der Waals surface area contributed by atoms with Crippen LogP contribution in [-0.2, 0) is 5.54 Å². The third kappa shape index (κ3) is 3.27. The highest BCUT2D eigenvalue weighted by Crippen LogP contribution is 2.42. The maximum atomic E-state index is 13.2. The predicted molar refractivity (Wildman–Crippen MR) is 65.8 cm³/mol. The molecule has 0 aliphatic heterocycles. The fourth-order valence-corrected chi connectivity index (χ4v) is 1.72. The number of alkyl halides is 3. The lowest BCUT2D eigenvalue weighted by Crippen LogP contribution is -2.51. The Hall–Kier alpha value is -1.53. The van der Waals surface area contributed by atoms with Gasteiger partial charge >= 0.3 is 6.18 Å². The second kappa shape index (κ2) is 6.08. The van der Waals surface area contributed by atoms with Crippen molar-refractivity contribution in [2.45, 2.75) is 18.1 Å². The fraction of sp³-hybridized carbons (Fsp3) is 0.385. The molecule has 0 heterocycles. The van der Waals surface area contributed by atoms with Gasteiger partial charge in [0, 0.05) is 18.6 Å². The van der Waals surface area contributed by atoms with Gasteiger partial charge in [-0.3, -0.25) is 0 Å². The van der Waals surface area contributed by atoms with Gasteiger partial charge in [0.25, 0.3) is 0 Å². The van der Waals surface area contributed by atoms with Crippen molar-refractivity contribution in [3.63, 3.8) is 0 Å². The van der Waals surface area contributed by atoms with Crippen LogP contribution in [0.1, 0.15) is 12.0 Å². The zero-order valence-electron chi connectivity index (χ0n) is 10.3. The average Bonchev–Trinajstić information content (AvgIpc) is 2.35. The molecule has 0 bridgehead atoms. The summed E-state index contributed by atoms with van der Waals surface area (Å²) in [6.45, 7) is 2.83. The molecule has 3 nitrogen and oxygen atoms in total. The van der Waals surface area contributed by atoms with Gasteiger partial charge in [0.15, 0.2) is 0 Å². The van der Waals surface area contributed by atoms with Gasteiger partial charge in [0.2, 0.25) is 0 Å². The summed E-state index contributed by atoms with van der Waals surface area (Å²) in [6.07, 6.45) is -3.90. The minimum absolute atomic E-state index is 0.0377. The first kappa shape index (κ1) is 15.5. The van der Waals surface area contributed by atoms with Crippen molar-refractivity contribution in [2.24, 2.45) is 5.73 Å². The van der Waals surface area contributed by atoms with Gasteiger partial charge in [-0.05, 0) is 6.07 Å². The number of hydrogen-bond acceptors (Lipinski definition) is 3. The van der Waals surface area contributed by atoms with Gasteiger partial charge in [-0.15, -0.1) is 0 Å². The van der Waals surface area contributed by atoms with Gasteiger partial charge in [-0.2, -0.15) is 13.2 Å². The SMILES string of the molecule is C=CCOc1ccccc1C(N)(CCO)C(F)(F)F. The number of ether oxygens (including phenoxy) is 1. The molecule has 1 unspecified atom stereocenters. The largest absolute Gasteiger partial charge is 0.489 e. The molecular weight excluding hydrogens is 259 g/mol. The first-order chi connectivity index (χ1) is 8.86. The lowest BCUT2D eigenvalue weighted by atomic mass is 9.86. The Morgan fingerprint density at radius 1 is 1.32 bits per heavy atom. The zero-order chi connectivity index (χ0) is 14.5. The van der Waals surface area contributed by atoms with E-state index in [0.29, 0.717) is 0 Å². The lowest BCUT2D eigenvalue weighted by Gasteiger charge is -2.33. The Kier molecular flexibility index (Phi) is 4.97. The van der Waals surface area contributed by atoms with Crippen LogP contribution in [0.3, 0.4) is 0 Å². The van der Waals surface area contributed by atoms with Crippen LogP contribution < -0.4 is 10.5 Å². The molecule has 0 radical (unpaired) electrons. The lowest BCUT2D eigenvalue weighted by molar-refractivity contribution is -0.194. The summed E-state index contributed by atoms with van der Waals surface area (Å²) < 4.78 is 44.7. The Balaban J connectivity index is 3.26. The average molecular weight is 275 g/mol. The van der Waals surface area contributed by atoms with Crippen molar-refractivity contribution in [2.75, 3.05) is 13.2 Å². The zero-order valence-corrected chi connectivity index (χ0v) is 10.3. The van der Waals surface area contributed by atoms with Crippen molar-refractivity contribution in [3.05, 3.63) is 42.5 Å². The highest BCUT2D eigenvalue weighted by molar-refractivity contribution is 5.40. The van der Waals surface area contributed by atoms with E-state index in [1.807, 2.05) is 0 Å². The molecule has 1 aromatic carbocycles. The van der Waals surface area contributed by atoms with Crippen molar-refractivity contribution in [1.82, 2.24) is 0 Å². The number of para-hydroxylation sites is 1. The second-order valence-corrected chi connectivity index (χ2v) is 4.04. The third-order valence-corrected chi connectivity index (χ3v) is 2.74. The first-order valence-electron chi connectivity index (χ1n) is 5.66. The summed E-state index contributed by atoms with van der Waals surface area (Å²) >= 11 is 0. The van der Waals surface area contributed by atoms with Crippen LogP contribution in [0.2, 0.25) is 0 Å². The monoisotopic (exact) mass is 275 g/mol. The molecule has 106 valence electrons. The maximum absolute atomic E-state index is 13.2. The van der Waals surface area contributed by atoms with Crippen molar-refractivity contribution >= 4 is 0 Å². The highest BCUT2D eigenvalue weighted by atomic mass is 19.4. The normalized spacial score (nSPS) is 14.8. The molecule has 0 aliphatic rings. The Morgan fingerprint density at radius 3 is 2.47 bits per heavy atom. The molecule has 0 saturated carbocycles. The molecule has 0 amide bonds. The minimum atomic E-state index is -4.69. The van der Waals surface area contributed by atoms with Gasteiger partial charge in [0.05, 0.1) is 0 Å². The summed E-state index contributed by atoms with van der Waals surface area (Å²) in [5, 5.41) is 8.86. The summed E-state index contributed by atoms with van der Waals surface area (Å²) in [6, 6.07) is 5.66. The van der Waals surface area contributed by atoms with Crippen molar-refractivity contribution in [1.29, 1.82) is 0 Å². The molecule has 0 aliphatic carbocycles. The first-order valence-corrected chi connectivity index (χ1v) is 5.66. The van der Waals surface area contributed by atoms with E-state index in [-0.39, 0.29) is 17.9 Å². The van der Waals surface area contributed by atoms with Crippen LogP contribution in [0, 0.1) is 0 Å². The second-order valence-electron chi connectivity index (χ2n) is 4.04. The van der Waals surface area contributed by atoms with Gasteiger partial charge in [-0.25, -0.2) is 0 Å². The van der Waals surface area contributed by atoms with Crippen molar-refractivity contribution in [3.8, 4) is 5.75 Å². The van der Waals surface area contributed by atoms with Crippen LogP contribution in [0.4, 0.5) is 13.2 Å². The Labute approximate surface area is 109 Å². The van der Waals surface area contributed by atoms with E-state index >= 15 is 0 Å². The van der Waals surface area contributed by atoms with E-state index in [0.717, 1.165) is 0 Å². The molecule has 0 fully saturated rings. The highest BCUT2D eigenvalue weighted by Gasteiger charge is 2.53. The Morgan fingerprint density at radius 2 is 1.95 bits per heavy atom. The molecule has 6 heteroatoms. The summed E-state index contributed by atoms with van der Waals surface area (Å²) in [5.74, 6) is 0.0377. The molecule has 19 heavy (non-hydrogen) atoms. The van der Waals surface area contributed by atoms with E-state index in [2.05, 4.69) is 6.58 Å². The van der Waals surface area contributed by atoms with Gasteiger partial charge < -0.3 is 15.6 Å². The van der Waals surface area contributed by atoms with E-state index in [4.69, 9.17) is 15.6 Å². The molecule has 3 N–H and O–H groups in total. The predicted octanol–water partition coefficient (Wildman–Crippen LogP) is 2.35. The maximum Gasteiger partial charge on any atom is 0.410 e. The summed E-state index contributed by atoms with van der Waals surface area (Å²) in [5.41, 5.74) is 2.65. The Bertz CT molecular complexity index is 434. The molecule has 0 saturated heterocycles. The quantitative estimate of drug-likeness (QED) is 0.784. The fourth-order valence-electron chi connectivity index (χ4n) is 1.72. The van der Waals surface area contributed by atoms with Crippen LogP contribution in [0.5, 0.6) is 5.75 Å². The molecule has 1 aromatic rings. The molecular formula is C13H16F3NO2. The topological polar surface area (TPSA) is 55.5 Å². The number of aliphatic hydroxyl groups is 1. The molecule has 0 aromatic heterocycles. The number of nitrogens with two attached hydrogens (primary N) is 1. The number of hydrogen-bond donors (Lipinski definition) is 2. The van der Waals surface area contributed by atoms with Crippen LogP contribution in [0.15, 0.2) is 36.9 Å². The number of aliphatic hydroxyl groups excluding tert-OH is 1. The summed E-state index contributed by atoms with van der Waals surface area (Å²) in [7, 11) is 0. The van der Waals surface area contributed by atoms with Crippen LogP contribution >= 0.6 is 0 Å². The molecule has 1 atom stereocenters. The third-order valence-electron chi connectivity index (χ3n) is 2.74. The number of rotatable bonds is 6. The smallest absolute Gasteiger partial charge is 0.410 e. The van der Waals surface area contributed by atoms with Crippen LogP contribution in [0.25, 0.3) is 0 Å². The van der Waals surface area contributed by atoms with E-state index in [1.165, 1.54) is 24.3 Å². The van der Waals surface area contributed by atoms with Gasteiger partial charge in [0.1, 0.15) is 17.9 Å². The number of benzene rings is 1. The number of halogens is 3. The van der Waals surface area contributed by atoms with Crippen LogP contribution in [-0.4, -0.2) is 24.5 Å². The van der Waals surface area contributed by atoms with E-state index < -0.39 is 24.7 Å². The minimum Gasteiger partial charge on any atom is -0.489 e.